The standard InChI is InChI=1S/C12H14BrNO2/c13-12(15)14-6-5-9-3-4-11-10(8-9)2-1-7-16-11/h3-4,8H,1-2,5-7H2,(H,14,15). The number of fused-ring (bicyclic) bond motifs is 1. The predicted octanol–water partition coefficient (Wildman–Crippen LogP) is 2.66. The van der Waals surface area contributed by atoms with Gasteiger partial charge < -0.3 is 10.1 Å². The molecule has 0 bridgehead atoms. The third-order valence-corrected chi connectivity index (χ3v) is 2.93. The maximum Gasteiger partial charge on any atom is 0.287 e. The number of nitrogens with one attached hydrogen (secondary N) is 1. The van der Waals surface area contributed by atoms with Gasteiger partial charge in [-0.1, -0.05) is 12.1 Å². The largest absolute Gasteiger partial charge is 0.493 e. The van der Waals surface area contributed by atoms with Crippen molar-refractivity contribution in [3.05, 3.63) is 29.3 Å². The number of benzene rings is 1. The summed E-state index contributed by atoms with van der Waals surface area (Å²) in [6, 6.07) is 6.26. The number of hydrogen-bond donors (Lipinski definition) is 1. The Kier molecular flexibility index (Phi) is 3.83. The van der Waals surface area contributed by atoms with Crippen LogP contribution in [0.25, 0.3) is 0 Å². The minimum Gasteiger partial charge on any atom is -0.493 e. The van der Waals surface area contributed by atoms with E-state index < -0.39 is 0 Å². The predicted molar refractivity (Wildman–Crippen MR) is 66.3 cm³/mol. The molecule has 1 aliphatic rings. The molecule has 0 atom stereocenters. The van der Waals surface area contributed by atoms with E-state index in [9.17, 15) is 4.79 Å². The Hall–Kier alpha value is -1.03. The van der Waals surface area contributed by atoms with Crippen LogP contribution in [0.1, 0.15) is 17.5 Å². The highest BCUT2D eigenvalue weighted by atomic mass is 79.9. The molecule has 0 radical (unpaired) electrons. The second-order valence-electron chi connectivity index (χ2n) is 3.84. The van der Waals surface area contributed by atoms with Gasteiger partial charge in [0.15, 0.2) is 0 Å². The lowest BCUT2D eigenvalue weighted by molar-refractivity contribution is 0.262. The number of rotatable bonds is 3. The molecule has 1 aromatic carbocycles. The zero-order chi connectivity index (χ0) is 11.4. The second-order valence-corrected chi connectivity index (χ2v) is 4.56. The maximum absolute atomic E-state index is 10.7. The van der Waals surface area contributed by atoms with Gasteiger partial charge in [-0.15, -0.1) is 0 Å². The van der Waals surface area contributed by atoms with Gasteiger partial charge in [-0.3, -0.25) is 4.79 Å². The fraction of sp³-hybridized carbons (Fsp3) is 0.417. The molecule has 1 N–H and O–H groups in total. The monoisotopic (exact) mass is 283 g/mol. The Balaban J connectivity index is 1.97. The first kappa shape index (κ1) is 11.5. The van der Waals surface area contributed by atoms with Crippen molar-refractivity contribution in [3.8, 4) is 5.75 Å². The topological polar surface area (TPSA) is 38.3 Å². The van der Waals surface area contributed by atoms with Crippen LogP contribution in [0.5, 0.6) is 5.75 Å². The molecule has 0 aromatic heterocycles. The quantitative estimate of drug-likeness (QED) is 0.684. The van der Waals surface area contributed by atoms with E-state index in [0.29, 0.717) is 6.54 Å². The van der Waals surface area contributed by atoms with Crippen molar-refractivity contribution >= 4 is 20.7 Å². The second kappa shape index (κ2) is 5.34. The van der Waals surface area contributed by atoms with Crippen LogP contribution in [0.2, 0.25) is 0 Å². The van der Waals surface area contributed by atoms with Crippen molar-refractivity contribution in [2.24, 2.45) is 0 Å². The van der Waals surface area contributed by atoms with Crippen molar-refractivity contribution in [3.63, 3.8) is 0 Å². The Bertz CT molecular complexity index is 393. The molecule has 86 valence electrons. The van der Waals surface area contributed by atoms with E-state index in [0.717, 1.165) is 31.6 Å². The summed E-state index contributed by atoms with van der Waals surface area (Å²) in [7, 11) is 0. The van der Waals surface area contributed by atoms with Gasteiger partial charge >= 0.3 is 0 Å². The van der Waals surface area contributed by atoms with Crippen LogP contribution in [-0.4, -0.2) is 18.0 Å². The SMILES string of the molecule is O=C(Br)NCCc1ccc2c(c1)CCCO2. The van der Waals surface area contributed by atoms with Gasteiger partial charge in [0.2, 0.25) is 0 Å². The van der Waals surface area contributed by atoms with E-state index in [1.165, 1.54) is 11.1 Å². The molecule has 0 saturated heterocycles. The van der Waals surface area contributed by atoms with E-state index in [1.807, 2.05) is 6.07 Å². The first-order chi connectivity index (χ1) is 7.75. The van der Waals surface area contributed by atoms with Crippen molar-refractivity contribution in [1.29, 1.82) is 0 Å². The van der Waals surface area contributed by atoms with Crippen LogP contribution in [-0.2, 0) is 12.8 Å². The summed E-state index contributed by atoms with van der Waals surface area (Å²) in [5, 5.41) is 2.72. The van der Waals surface area contributed by atoms with E-state index in [4.69, 9.17) is 4.74 Å². The minimum absolute atomic E-state index is 0.159. The first-order valence-corrected chi connectivity index (χ1v) is 6.23. The highest BCUT2D eigenvalue weighted by Gasteiger charge is 2.10. The summed E-state index contributed by atoms with van der Waals surface area (Å²) in [5.74, 6) is 1.01. The van der Waals surface area contributed by atoms with Crippen LogP contribution in [0, 0.1) is 0 Å². The Morgan fingerprint density at radius 1 is 1.50 bits per heavy atom. The summed E-state index contributed by atoms with van der Waals surface area (Å²) >= 11 is 2.84. The Labute approximate surface area is 103 Å². The molecule has 3 nitrogen and oxygen atoms in total. The Morgan fingerprint density at radius 3 is 3.19 bits per heavy atom. The molecule has 1 aliphatic heterocycles. The van der Waals surface area contributed by atoms with Crippen LogP contribution in [0.4, 0.5) is 4.79 Å². The molecule has 1 amide bonds. The lowest BCUT2D eigenvalue weighted by atomic mass is 10.0. The summed E-state index contributed by atoms with van der Waals surface area (Å²) in [5.41, 5.74) is 2.53. The minimum atomic E-state index is -0.159. The molecule has 0 spiro atoms. The van der Waals surface area contributed by atoms with Crippen molar-refractivity contribution < 1.29 is 9.53 Å². The van der Waals surface area contributed by atoms with Crippen LogP contribution in [0.15, 0.2) is 18.2 Å². The lowest BCUT2D eigenvalue weighted by Gasteiger charge is -2.17. The number of ether oxygens (including phenoxy) is 1. The average Bonchev–Trinajstić information content (AvgIpc) is 2.28. The van der Waals surface area contributed by atoms with E-state index >= 15 is 0 Å². The summed E-state index contributed by atoms with van der Waals surface area (Å²) in [4.78, 5) is 10.5. The van der Waals surface area contributed by atoms with Gasteiger partial charge in [0.05, 0.1) is 6.61 Å². The number of halogens is 1. The number of carbonyl (C=O) groups excluding carboxylic acids is 1. The molecular weight excluding hydrogens is 270 g/mol. The maximum atomic E-state index is 10.7. The van der Waals surface area contributed by atoms with E-state index in [1.54, 1.807) is 0 Å². The normalized spacial score (nSPS) is 13.8. The highest BCUT2D eigenvalue weighted by molar-refractivity contribution is 9.18. The molecule has 0 unspecified atom stereocenters. The molecule has 0 fully saturated rings. The number of amides is 1. The zero-order valence-electron chi connectivity index (χ0n) is 8.96. The number of hydrogen-bond acceptors (Lipinski definition) is 2. The third-order valence-electron chi connectivity index (χ3n) is 2.65. The lowest BCUT2D eigenvalue weighted by Crippen LogP contribution is -2.19. The van der Waals surface area contributed by atoms with Gasteiger partial charge in [0.1, 0.15) is 5.75 Å². The van der Waals surface area contributed by atoms with Gasteiger partial charge in [-0.2, -0.15) is 0 Å². The van der Waals surface area contributed by atoms with Gasteiger partial charge in [0.25, 0.3) is 4.82 Å². The molecule has 1 heterocycles. The zero-order valence-corrected chi connectivity index (χ0v) is 10.5. The van der Waals surface area contributed by atoms with Crippen LogP contribution >= 0.6 is 15.9 Å². The molecule has 1 aromatic rings. The van der Waals surface area contributed by atoms with E-state index in [-0.39, 0.29) is 4.82 Å². The highest BCUT2D eigenvalue weighted by Crippen LogP contribution is 2.25. The molecule has 16 heavy (non-hydrogen) atoms. The smallest absolute Gasteiger partial charge is 0.287 e. The van der Waals surface area contributed by atoms with Crippen molar-refractivity contribution in [2.75, 3.05) is 13.2 Å². The van der Waals surface area contributed by atoms with Gasteiger partial charge in [0, 0.05) is 22.5 Å². The van der Waals surface area contributed by atoms with Crippen LogP contribution < -0.4 is 10.1 Å². The fourth-order valence-corrected chi connectivity index (χ4v) is 2.07. The third kappa shape index (κ3) is 2.98. The van der Waals surface area contributed by atoms with E-state index in [2.05, 4.69) is 33.4 Å². The molecule has 2 rings (SSSR count). The molecule has 4 heteroatoms. The molecule has 0 saturated carbocycles. The summed E-state index contributed by atoms with van der Waals surface area (Å²) in [6.45, 7) is 1.48. The molecule has 0 aliphatic carbocycles. The fourth-order valence-electron chi connectivity index (χ4n) is 1.87. The summed E-state index contributed by atoms with van der Waals surface area (Å²) < 4.78 is 5.54. The summed E-state index contributed by atoms with van der Waals surface area (Å²) in [6.07, 6.45) is 3.03. The van der Waals surface area contributed by atoms with Gasteiger partial charge in [-0.05, 0) is 36.5 Å². The number of aryl methyl sites for hydroxylation is 1. The van der Waals surface area contributed by atoms with Crippen LogP contribution in [0.3, 0.4) is 0 Å². The van der Waals surface area contributed by atoms with Gasteiger partial charge in [-0.25, -0.2) is 0 Å². The Morgan fingerprint density at radius 2 is 2.38 bits per heavy atom. The van der Waals surface area contributed by atoms with Crippen molar-refractivity contribution in [1.82, 2.24) is 5.32 Å². The first-order valence-electron chi connectivity index (χ1n) is 5.43. The average molecular weight is 284 g/mol. The van der Waals surface area contributed by atoms with Crippen molar-refractivity contribution in [2.45, 2.75) is 19.3 Å². The molecular formula is C12H14BrNO2. The number of carbonyl (C=O) groups is 1.